The number of carbonyl (C=O) groups is 1. The SMILES string of the molecule is O=C(O)C(O)c1cc(I)ccc1C(F)(F)F. The van der Waals surface area contributed by atoms with Gasteiger partial charge >= 0.3 is 12.1 Å². The van der Waals surface area contributed by atoms with E-state index in [2.05, 4.69) is 0 Å². The molecule has 1 rings (SSSR count). The summed E-state index contributed by atoms with van der Waals surface area (Å²) in [6, 6.07) is 2.95. The van der Waals surface area contributed by atoms with Crippen LogP contribution in [0.1, 0.15) is 17.2 Å². The van der Waals surface area contributed by atoms with Crippen LogP contribution in [0.15, 0.2) is 18.2 Å². The molecule has 0 saturated heterocycles. The summed E-state index contributed by atoms with van der Waals surface area (Å²) in [4.78, 5) is 10.5. The lowest BCUT2D eigenvalue weighted by Crippen LogP contribution is -2.17. The second-order valence-electron chi connectivity index (χ2n) is 2.97. The molecule has 7 heteroatoms. The third kappa shape index (κ3) is 2.85. The lowest BCUT2D eigenvalue weighted by atomic mass is 10.0. The molecule has 0 aliphatic rings. The summed E-state index contributed by atoms with van der Waals surface area (Å²) in [6.45, 7) is 0. The molecule has 1 aromatic rings. The number of aliphatic hydroxyl groups excluding tert-OH is 1. The monoisotopic (exact) mass is 346 g/mol. The molecule has 88 valence electrons. The minimum Gasteiger partial charge on any atom is -0.479 e. The predicted octanol–water partition coefficient (Wildman–Crippen LogP) is 2.43. The van der Waals surface area contributed by atoms with Crippen molar-refractivity contribution in [1.29, 1.82) is 0 Å². The van der Waals surface area contributed by atoms with Gasteiger partial charge in [-0.25, -0.2) is 4.79 Å². The highest BCUT2D eigenvalue weighted by Crippen LogP contribution is 2.35. The van der Waals surface area contributed by atoms with Gasteiger partial charge in [-0.15, -0.1) is 0 Å². The van der Waals surface area contributed by atoms with E-state index in [1.165, 1.54) is 6.07 Å². The molecule has 0 heterocycles. The maximum Gasteiger partial charge on any atom is 0.416 e. The van der Waals surface area contributed by atoms with E-state index in [0.29, 0.717) is 3.57 Å². The number of hydrogen-bond acceptors (Lipinski definition) is 2. The summed E-state index contributed by atoms with van der Waals surface area (Å²) < 4.78 is 37.9. The van der Waals surface area contributed by atoms with E-state index in [1.807, 2.05) is 0 Å². The van der Waals surface area contributed by atoms with Crippen LogP contribution in [0.4, 0.5) is 13.2 Å². The summed E-state index contributed by atoms with van der Waals surface area (Å²) in [7, 11) is 0. The van der Waals surface area contributed by atoms with Crippen LogP contribution in [-0.4, -0.2) is 16.2 Å². The van der Waals surface area contributed by atoms with E-state index < -0.39 is 29.4 Å². The van der Waals surface area contributed by atoms with Gasteiger partial charge in [-0.2, -0.15) is 13.2 Å². The van der Waals surface area contributed by atoms with Crippen molar-refractivity contribution in [2.24, 2.45) is 0 Å². The second-order valence-corrected chi connectivity index (χ2v) is 4.22. The Hall–Kier alpha value is -0.830. The maximum absolute atomic E-state index is 12.5. The first-order valence-electron chi connectivity index (χ1n) is 4.01. The zero-order chi connectivity index (χ0) is 12.5. The van der Waals surface area contributed by atoms with Gasteiger partial charge in [0, 0.05) is 9.13 Å². The van der Waals surface area contributed by atoms with Gasteiger partial charge in [0.05, 0.1) is 5.56 Å². The summed E-state index contributed by atoms with van der Waals surface area (Å²) in [5.41, 5.74) is -1.78. The van der Waals surface area contributed by atoms with Crippen molar-refractivity contribution in [3.63, 3.8) is 0 Å². The van der Waals surface area contributed by atoms with Crippen LogP contribution in [0.5, 0.6) is 0 Å². The number of aliphatic carboxylic acids is 1. The van der Waals surface area contributed by atoms with Crippen LogP contribution in [0, 0.1) is 3.57 Å². The number of benzene rings is 1. The van der Waals surface area contributed by atoms with Crippen molar-refractivity contribution >= 4 is 28.6 Å². The normalized spacial score (nSPS) is 13.6. The Bertz CT molecular complexity index is 417. The molecule has 0 aliphatic heterocycles. The smallest absolute Gasteiger partial charge is 0.416 e. The van der Waals surface area contributed by atoms with Crippen molar-refractivity contribution in [2.45, 2.75) is 12.3 Å². The van der Waals surface area contributed by atoms with Gasteiger partial charge in [0.25, 0.3) is 0 Å². The van der Waals surface area contributed by atoms with Crippen LogP contribution in [0.3, 0.4) is 0 Å². The summed E-state index contributed by atoms with van der Waals surface area (Å²) in [5.74, 6) is -1.72. The van der Waals surface area contributed by atoms with Gasteiger partial charge in [-0.05, 0) is 40.8 Å². The Labute approximate surface area is 102 Å². The molecule has 0 saturated carbocycles. The zero-order valence-corrected chi connectivity index (χ0v) is 9.78. The third-order valence-electron chi connectivity index (χ3n) is 1.85. The average Bonchev–Trinajstić information content (AvgIpc) is 2.14. The fourth-order valence-corrected chi connectivity index (χ4v) is 1.67. The maximum atomic E-state index is 12.5. The summed E-state index contributed by atoms with van der Waals surface area (Å²) in [5, 5.41) is 17.7. The topological polar surface area (TPSA) is 57.5 Å². The molecule has 0 aromatic heterocycles. The first-order chi connectivity index (χ1) is 7.23. The minimum absolute atomic E-state index is 0.418. The third-order valence-corrected chi connectivity index (χ3v) is 2.52. The number of rotatable bonds is 2. The molecule has 0 bridgehead atoms. The van der Waals surface area contributed by atoms with Gasteiger partial charge in [0.2, 0.25) is 0 Å². The number of carboxylic acid groups (broad SMARTS) is 1. The Balaban J connectivity index is 3.35. The zero-order valence-electron chi connectivity index (χ0n) is 7.62. The van der Waals surface area contributed by atoms with E-state index in [0.717, 1.165) is 12.1 Å². The van der Waals surface area contributed by atoms with Gasteiger partial charge in [0.15, 0.2) is 6.10 Å². The predicted molar refractivity (Wildman–Crippen MR) is 56.8 cm³/mol. The average molecular weight is 346 g/mol. The van der Waals surface area contributed by atoms with Gasteiger partial charge in [-0.1, -0.05) is 0 Å². The van der Waals surface area contributed by atoms with E-state index in [4.69, 9.17) is 10.2 Å². The lowest BCUT2D eigenvalue weighted by molar-refractivity contribution is -0.149. The molecule has 0 aliphatic carbocycles. The van der Waals surface area contributed by atoms with Crippen molar-refractivity contribution < 1.29 is 28.2 Å². The largest absolute Gasteiger partial charge is 0.479 e. The van der Waals surface area contributed by atoms with Crippen LogP contribution in [0.2, 0.25) is 0 Å². The lowest BCUT2D eigenvalue weighted by Gasteiger charge is -2.15. The minimum atomic E-state index is -4.68. The molecule has 0 fully saturated rings. The first-order valence-corrected chi connectivity index (χ1v) is 5.09. The molecule has 0 spiro atoms. The van der Waals surface area contributed by atoms with Crippen LogP contribution >= 0.6 is 22.6 Å². The molecule has 0 radical (unpaired) electrons. The molecular formula is C9H6F3IO3. The second kappa shape index (κ2) is 4.58. The van der Waals surface area contributed by atoms with Gasteiger partial charge in [0.1, 0.15) is 0 Å². The van der Waals surface area contributed by atoms with Crippen LogP contribution in [-0.2, 0) is 11.0 Å². The van der Waals surface area contributed by atoms with E-state index >= 15 is 0 Å². The molecule has 2 N–H and O–H groups in total. The molecule has 1 atom stereocenters. The van der Waals surface area contributed by atoms with Crippen molar-refractivity contribution in [3.8, 4) is 0 Å². The van der Waals surface area contributed by atoms with Gasteiger partial charge in [-0.3, -0.25) is 0 Å². The van der Waals surface area contributed by atoms with E-state index in [-0.39, 0.29) is 0 Å². The number of hydrogen-bond donors (Lipinski definition) is 2. The highest BCUT2D eigenvalue weighted by Gasteiger charge is 2.36. The van der Waals surface area contributed by atoms with E-state index in [1.54, 1.807) is 22.6 Å². The molecule has 16 heavy (non-hydrogen) atoms. The van der Waals surface area contributed by atoms with Gasteiger partial charge < -0.3 is 10.2 Å². The number of alkyl halides is 3. The number of halogens is 4. The molecule has 0 amide bonds. The molecule has 1 aromatic carbocycles. The Morgan fingerprint density at radius 2 is 1.94 bits per heavy atom. The highest BCUT2D eigenvalue weighted by atomic mass is 127. The van der Waals surface area contributed by atoms with Crippen molar-refractivity contribution in [3.05, 3.63) is 32.9 Å². The fourth-order valence-electron chi connectivity index (χ4n) is 1.15. The highest BCUT2D eigenvalue weighted by molar-refractivity contribution is 14.1. The van der Waals surface area contributed by atoms with Crippen LogP contribution < -0.4 is 0 Å². The van der Waals surface area contributed by atoms with Crippen molar-refractivity contribution in [2.75, 3.05) is 0 Å². The Morgan fingerprint density at radius 1 is 1.38 bits per heavy atom. The molecule has 3 nitrogen and oxygen atoms in total. The number of carboxylic acids is 1. The quantitative estimate of drug-likeness (QED) is 0.809. The standard InChI is InChI=1S/C9H6F3IO3/c10-9(11,12)6-2-1-4(13)3-5(6)7(14)8(15)16/h1-3,7,14H,(H,15,16). The van der Waals surface area contributed by atoms with E-state index in [9.17, 15) is 18.0 Å². The molecule has 1 unspecified atom stereocenters. The number of aliphatic hydroxyl groups is 1. The molecular weight excluding hydrogens is 340 g/mol. The Kier molecular flexibility index (Phi) is 3.79. The first kappa shape index (κ1) is 13.2. The Morgan fingerprint density at radius 3 is 2.38 bits per heavy atom. The summed E-state index contributed by atoms with van der Waals surface area (Å²) >= 11 is 1.74. The van der Waals surface area contributed by atoms with Crippen molar-refractivity contribution in [1.82, 2.24) is 0 Å². The fraction of sp³-hybridized carbons (Fsp3) is 0.222. The summed E-state index contributed by atoms with van der Waals surface area (Å²) in [6.07, 6.45) is -6.86. The van der Waals surface area contributed by atoms with Crippen LogP contribution in [0.25, 0.3) is 0 Å².